The van der Waals surface area contributed by atoms with Gasteiger partial charge in [0.25, 0.3) is 0 Å². The van der Waals surface area contributed by atoms with Gasteiger partial charge >= 0.3 is 12.4 Å². The van der Waals surface area contributed by atoms with E-state index in [9.17, 15) is 31.1 Å². The van der Waals surface area contributed by atoms with Crippen LogP contribution >= 0.6 is 0 Å². The molecule has 9 heteroatoms. The van der Waals surface area contributed by atoms with E-state index < -0.39 is 41.0 Å². The minimum absolute atomic E-state index is 0.179. The average Bonchev–Trinajstić information content (AvgIpc) is 3.14. The molecule has 4 rings (SSSR count). The predicted molar refractivity (Wildman–Crippen MR) is 128 cm³/mol. The van der Waals surface area contributed by atoms with E-state index in [0.717, 1.165) is 23.8 Å². The summed E-state index contributed by atoms with van der Waals surface area (Å²) >= 11 is 0. The Labute approximate surface area is 211 Å². The summed E-state index contributed by atoms with van der Waals surface area (Å²) in [4.78, 5) is 19.0. The molecule has 2 heterocycles. The highest BCUT2D eigenvalue weighted by molar-refractivity contribution is 5.98. The SMILES string of the molecule is Cc1ccc(N2C(=O)[C@H](CC(C)(C)c3cccc(C(F)(F)F)n3)C[C@@H]2c2cccc(C(F)(F)F)c2)cc1. The number of pyridine rings is 1. The monoisotopic (exact) mass is 520 g/mol. The van der Waals surface area contributed by atoms with Crippen molar-refractivity contribution in [3.05, 3.63) is 94.8 Å². The number of hydrogen-bond donors (Lipinski definition) is 0. The van der Waals surface area contributed by atoms with Crippen LogP contribution in [0.3, 0.4) is 0 Å². The summed E-state index contributed by atoms with van der Waals surface area (Å²) in [5.41, 5.74) is -0.670. The number of halogens is 6. The third kappa shape index (κ3) is 5.65. The van der Waals surface area contributed by atoms with Gasteiger partial charge in [0.15, 0.2) is 0 Å². The molecule has 2 aromatic carbocycles. The summed E-state index contributed by atoms with van der Waals surface area (Å²) in [6, 6.07) is 15.1. The summed E-state index contributed by atoms with van der Waals surface area (Å²) < 4.78 is 80.0. The van der Waals surface area contributed by atoms with Crippen LogP contribution in [0.15, 0.2) is 66.7 Å². The largest absolute Gasteiger partial charge is 0.433 e. The molecule has 1 saturated heterocycles. The fourth-order valence-corrected chi connectivity index (χ4v) is 4.91. The Morgan fingerprint density at radius 3 is 2.11 bits per heavy atom. The van der Waals surface area contributed by atoms with Crippen LogP contribution in [0, 0.1) is 12.8 Å². The van der Waals surface area contributed by atoms with E-state index >= 15 is 0 Å². The number of aromatic nitrogens is 1. The van der Waals surface area contributed by atoms with Gasteiger partial charge in [-0.25, -0.2) is 4.98 Å². The van der Waals surface area contributed by atoms with E-state index in [2.05, 4.69) is 4.98 Å². The van der Waals surface area contributed by atoms with E-state index in [1.165, 1.54) is 23.1 Å². The molecule has 0 radical (unpaired) electrons. The maximum Gasteiger partial charge on any atom is 0.433 e. The molecule has 0 unspecified atom stereocenters. The molecule has 1 aliphatic rings. The molecule has 0 bridgehead atoms. The first kappa shape index (κ1) is 26.7. The molecule has 196 valence electrons. The van der Waals surface area contributed by atoms with Crippen molar-refractivity contribution >= 4 is 11.6 Å². The number of carbonyl (C=O) groups is 1. The van der Waals surface area contributed by atoms with Gasteiger partial charge in [0.1, 0.15) is 5.69 Å². The van der Waals surface area contributed by atoms with Crippen LogP contribution in [0.25, 0.3) is 0 Å². The molecule has 0 spiro atoms. The fourth-order valence-electron chi connectivity index (χ4n) is 4.91. The molecule has 0 saturated carbocycles. The third-order valence-electron chi connectivity index (χ3n) is 6.81. The lowest BCUT2D eigenvalue weighted by atomic mass is 9.78. The van der Waals surface area contributed by atoms with Crippen LogP contribution in [-0.4, -0.2) is 10.9 Å². The molecule has 1 aromatic heterocycles. The second kappa shape index (κ2) is 9.50. The van der Waals surface area contributed by atoms with Crippen LogP contribution in [0.2, 0.25) is 0 Å². The minimum Gasteiger partial charge on any atom is -0.305 e. The van der Waals surface area contributed by atoms with Crippen molar-refractivity contribution in [3.63, 3.8) is 0 Å². The molecule has 1 aliphatic heterocycles. The highest BCUT2D eigenvalue weighted by Gasteiger charge is 2.44. The molecule has 1 fully saturated rings. The Kier molecular flexibility index (Phi) is 6.86. The topological polar surface area (TPSA) is 33.2 Å². The Hall–Kier alpha value is -3.36. The molecule has 37 heavy (non-hydrogen) atoms. The maximum atomic E-state index is 13.7. The fraction of sp³-hybridized carbons (Fsp3) is 0.357. The van der Waals surface area contributed by atoms with Gasteiger partial charge in [0.2, 0.25) is 5.91 Å². The number of amides is 1. The van der Waals surface area contributed by atoms with E-state index in [0.29, 0.717) is 11.3 Å². The van der Waals surface area contributed by atoms with Gasteiger partial charge in [-0.2, -0.15) is 26.3 Å². The van der Waals surface area contributed by atoms with E-state index in [-0.39, 0.29) is 24.4 Å². The molecule has 2 atom stereocenters. The van der Waals surface area contributed by atoms with Crippen molar-refractivity contribution in [3.8, 4) is 0 Å². The van der Waals surface area contributed by atoms with Gasteiger partial charge < -0.3 is 4.90 Å². The lowest BCUT2D eigenvalue weighted by Gasteiger charge is -2.28. The van der Waals surface area contributed by atoms with Gasteiger partial charge in [0, 0.05) is 22.7 Å². The van der Waals surface area contributed by atoms with Crippen LogP contribution in [0.4, 0.5) is 32.0 Å². The standard InChI is InChI=1S/C28H26F6N2O/c1-17-10-12-21(13-11-17)36-22(18-6-4-7-20(14-18)27(29,30)31)15-19(25(36)37)16-26(2,3)23-8-5-9-24(35-23)28(32,33)34/h4-14,19,22H,15-16H2,1-3H3/t19-,22+/m0/s1. The van der Waals surface area contributed by atoms with Crippen LogP contribution in [0.5, 0.6) is 0 Å². The van der Waals surface area contributed by atoms with Gasteiger partial charge in [-0.15, -0.1) is 0 Å². The van der Waals surface area contributed by atoms with Gasteiger partial charge in [-0.05, 0) is 61.7 Å². The van der Waals surface area contributed by atoms with Crippen molar-refractivity contribution < 1.29 is 31.1 Å². The van der Waals surface area contributed by atoms with Gasteiger partial charge in [-0.3, -0.25) is 4.79 Å². The Bertz CT molecular complexity index is 1280. The number of nitrogens with zero attached hydrogens (tertiary/aromatic N) is 2. The maximum absolute atomic E-state index is 13.7. The predicted octanol–water partition coefficient (Wildman–Crippen LogP) is 7.89. The van der Waals surface area contributed by atoms with Crippen molar-refractivity contribution in [2.45, 2.75) is 57.4 Å². The van der Waals surface area contributed by atoms with Crippen LogP contribution in [0.1, 0.15) is 60.8 Å². The molecule has 0 aliphatic carbocycles. The normalized spacial score (nSPS) is 18.9. The van der Waals surface area contributed by atoms with E-state index in [4.69, 9.17) is 0 Å². The van der Waals surface area contributed by atoms with Gasteiger partial charge in [-0.1, -0.05) is 49.7 Å². The van der Waals surface area contributed by atoms with Crippen molar-refractivity contribution in [2.24, 2.45) is 5.92 Å². The zero-order valence-electron chi connectivity index (χ0n) is 20.5. The summed E-state index contributed by atoms with van der Waals surface area (Å²) in [6.07, 6.45) is -8.75. The zero-order chi connectivity index (χ0) is 27.2. The number of aryl methyl sites for hydroxylation is 1. The summed E-state index contributed by atoms with van der Waals surface area (Å²) in [6.45, 7) is 5.32. The average molecular weight is 521 g/mol. The summed E-state index contributed by atoms with van der Waals surface area (Å²) in [5, 5.41) is 0. The molecule has 1 amide bonds. The number of rotatable bonds is 5. The quantitative estimate of drug-likeness (QED) is 0.321. The van der Waals surface area contributed by atoms with E-state index in [1.54, 1.807) is 32.0 Å². The number of anilines is 1. The van der Waals surface area contributed by atoms with Crippen molar-refractivity contribution in [1.29, 1.82) is 0 Å². The van der Waals surface area contributed by atoms with E-state index in [1.807, 2.05) is 19.1 Å². The highest BCUT2D eigenvalue weighted by Crippen LogP contribution is 2.45. The third-order valence-corrected chi connectivity index (χ3v) is 6.81. The van der Waals surface area contributed by atoms with Crippen molar-refractivity contribution in [1.82, 2.24) is 4.98 Å². The molecule has 3 nitrogen and oxygen atoms in total. The Balaban J connectivity index is 1.70. The molecular formula is C28H26F6N2O. The van der Waals surface area contributed by atoms with Gasteiger partial charge in [0.05, 0.1) is 11.6 Å². The Morgan fingerprint density at radius 2 is 1.49 bits per heavy atom. The van der Waals surface area contributed by atoms with Crippen LogP contribution < -0.4 is 4.90 Å². The van der Waals surface area contributed by atoms with Crippen LogP contribution in [-0.2, 0) is 22.6 Å². The smallest absolute Gasteiger partial charge is 0.305 e. The second-order valence-corrected chi connectivity index (χ2v) is 10.1. The molecular weight excluding hydrogens is 494 g/mol. The lowest BCUT2D eigenvalue weighted by molar-refractivity contribution is -0.141. The molecule has 0 N–H and O–H groups in total. The van der Waals surface area contributed by atoms with Crippen molar-refractivity contribution in [2.75, 3.05) is 4.90 Å². The number of benzene rings is 2. The number of hydrogen-bond acceptors (Lipinski definition) is 2. The second-order valence-electron chi connectivity index (χ2n) is 10.1. The number of carbonyl (C=O) groups excluding carboxylic acids is 1. The molecule has 3 aromatic rings. The number of alkyl halides is 6. The minimum atomic E-state index is -4.61. The highest BCUT2D eigenvalue weighted by atomic mass is 19.4. The first-order valence-electron chi connectivity index (χ1n) is 11.8. The Morgan fingerprint density at radius 1 is 0.865 bits per heavy atom. The summed E-state index contributed by atoms with van der Waals surface area (Å²) in [7, 11) is 0. The summed E-state index contributed by atoms with van der Waals surface area (Å²) in [5.74, 6) is -0.918. The lowest BCUT2D eigenvalue weighted by Crippen LogP contribution is -2.32. The first-order valence-corrected chi connectivity index (χ1v) is 11.8. The zero-order valence-corrected chi connectivity index (χ0v) is 20.5. The first-order chi connectivity index (χ1) is 17.2.